The Morgan fingerprint density at radius 3 is 2.95 bits per heavy atom. The Labute approximate surface area is 129 Å². The van der Waals surface area contributed by atoms with Crippen molar-refractivity contribution in [1.82, 2.24) is 15.2 Å². The minimum atomic E-state index is 0.101. The van der Waals surface area contributed by atoms with Crippen molar-refractivity contribution in [1.29, 1.82) is 0 Å². The van der Waals surface area contributed by atoms with Gasteiger partial charge < -0.3 is 10.2 Å². The zero-order valence-electron chi connectivity index (χ0n) is 10.2. The monoisotopic (exact) mass is 353 g/mol. The number of hydrogen-bond acceptors (Lipinski definition) is 3. The molecule has 3 heterocycles. The molecular weight excluding hydrogens is 342 g/mol. The van der Waals surface area contributed by atoms with E-state index in [2.05, 4.69) is 42.6 Å². The van der Waals surface area contributed by atoms with E-state index in [1.165, 1.54) is 4.88 Å². The molecule has 0 unspecified atom stereocenters. The van der Waals surface area contributed by atoms with E-state index in [0.29, 0.717) is 0 Å². The van der Waals surface area contributed by atoms with Crippen molar-refractivity contribution in [2.24, 2.45) is 0 Å². The smallest absolute Gasteiger partial charge is 0.169 e. The maximum Gasteiger partial charge on any atom is 0.169 e. The van der Waals surface area contributed by atoms with Crippen molar-refractivity contribution < 1.29 is 0 Å². The van der Waals surface area contributed by atoms with Gasteiger partial charge in [0.05, 0.1) is 17.8 Å². The van der Waals surface area contributed by atoms with Gasteiger partial charge in [-0.15, -0.1) is 11.3 Å². The second kappa shape index (κ2) is 5.19. The lowest BCUT2D eigenvalue weighted by atomic mass is 10.0. The Balaban J connectivity index is 2.01. The van der Waals surface area contributed by atoms with Crippen LogP contribution in [0.25, 0.3) is 0 Å². The van der Waals surface area contributed by atoms with E-state index in [0.717, 1.165) is 15.3 Å². The van der Waals surface area contributed by atoms with Crippen LogP contribution in [-0.2, 0) is 0 Å². The van der Waals surface area contributed by atoms with Crippen molar-refractivity contribution in [3.63, 3.8) is 0 Å². The van der Waals surface area contributed by atoms with Gasteiger partial charge in [0.25, 0.3) is 0 Å². The second-order valence-electron chi connectivity index (χ2n) is 4.40. The van der Waals surface area contributed by atoms with E-state index in [4.69, 9.17) is 12.2 Å². The van der Waals surface area contributed by atoms with E-state index < -0.39 is 0 Å². The summed E-state index contributed by atoms with van der Waals surface area (Å²) < 4.78 is 1.11. The van der Waals surface area contributed by atoms with E-state index in [-0.39, 0.29) is 12.1 Å². The molecule has 98 valence electrons. The number of nitrogens with one attached hydrogen (secondary N) is 1. The molecule has 1 saturated heterocycles. The molecule has 0 saturated carbocycles. The second-order valence-corrected chi connectivity index (χ2v) is 6.65. The zero-order valence-corrected chi connectivity index (χ0v) is 13.4. The van der Waals surface area contributed by atoms with Crippen molar-refractivity contribution in [2.45, 2.75) is 12.1 Å². The summed E-state index contributed by atoms with van der Waals surface area (Å²) in [5.41, 5.74) is 1.02. The molecule has 19 heavy (non-hydrogen) atoms. The maximum absolute atomic E-state index is 5.38. The van der Waals surface area contributed by atoms with E-state index >= 15 is 0 Å². The Morgan fingerprint density at radius 2 is 2.32 bits per heavy atom. The highest BCUT2D eigenvalue weighted by atomic mass is 79.9. The van der Waals surface area contributed by atoms with Gasteiger partial charge in [-0.1, -0.05) is 6.07 Å². The van der Waals surface area contributed by atoms with Crippen LogP contribution in [0.1, 0.15) is 22.7 Å². The third-order valence-corrected chi connectivity index (χ3v) is 5.39. The third-order valence-electron chi connectivity index (χ3n) is 3.22. The van der Waals surface area contributed by atoms with Crippen molar-refractivity contribution in [2.75, 3.05) is 7.05 Å². The lowest BCUT2D eigenvalue weighted by Gasteiger charge is -2.22. The van der Waals surface area contributed by atoms with E-state index in [9.17, 15) is 0 Å². The fraction of sp³-hybridized carbons (Fsp3) is 0.231. The summed E-state index contributed by atoms with van der Waals surface area (Å²) in [6.45, 7) is 0. The summed E-state index contributed by atoms with van der Waals surface area (Å²) in [6.07, 6.45) is 1.82. The molecule has 6 heteroatoms. The SMILES string of the molecule is CN1C(=S)N[C@H](c2ccccn2)[C@H]1c1cc(Br)cs1. The summed E-state index contributed by atoms with van der Waals surface area (Å²) in [5.74, 6) is 0. The summed E-state index contributed by atoms with van der Waals surface area (Å²) in [4.78, 5) is 7.84. The van der Waals surface area contributed by atoms with Gasteiger partial charge in [-0.3, -0.25) is 4.98 Å². The number of hydrogen-bond donors (Lipinski definition) is 1. The van der Waals surface area contributed by atoms with Crippen molar-refractivity contribution in [3.8, 4) is 0 Å². The molecule has 0 radical (unpaired) electrons. The summed E-state index contributed by atoms with van der Waals surface area (Å²) in [5, 5.41) is 6.23. The van der Waals surface area contributed by atoms with Crippen molar-refractivity contribution in [3.05, 3.63) is 50.9 Å². The predicted octanol–water partition coefficient (Wildman–Crippen LogP) is 3.51. The van der Waals surface area contributed by atoms with Crippen LogP contribution in [-0.4, -0.2) is 22.0 Å². The van der Waals surface area contributed by atoms with Gasteiger partial charge in [-0.05, 0) is 46.3 Å². The number of thiocarbonyl (C=S) groups is 1. The molecule has 0 bridgehead atoms. The Morgan fingerprint density at radius 1 is 1.47 bits per heavy atom. The lowest BCUT2D eigenvalue weighted by Crippen LogP contribution is -2.24. The van der Waals surface area contributed by atoms with Gasteiger partial charge in [0.2, 0.25) is 0 Å². The average molecular weight is 354 g/mol. The Kier molecular flexibility index (Phi) is 3.56. The molecule has 0 aromatic carbocycles. The van der Waals surface area contributed by atoms with Gasteiger partial charge in [0, 0.05) is 28.0 Å². The summed E-state index contributed by atoms with van der Waals surface area (Å²) in [7, 11) is 2.02. The molecule has 0 aliphatic carbocycles. The molecule has 3 rings (SSSR count). The lowest BCUT2D eigenvalue weighted by molar-refractivity contribution is 0.374. The van der Waals surface area contributed by atoms with Crippen LogP contribution in [0.5, 0.6) is 0 Å². The number of halogens is 1. The van der Waals surface area contributed by atoms with Crippen LogP contribution in [0.3, 0.4) is 0 Å². The van der Waals surface area contributed by atoms with Gasteiger partial charge >= 0.3 is 0 Å². The molecule has 0 amide bonds. The fourth-order valence-electron chi connectivity index (χ4n) is 2.30. The quantitative estimate of drug-likeness (QED) is 0.836. The first-order chi connectivity index (χ1) is 9.16. The van der Waals surface area contributed by atoms with Crippen LogP contribution < -0.4 is 5.32 Å². The molecule has 3 nitrogen and oxygen atoms in total. The first kappa shape index (κ1) is 13.0. The molecule has 2 atom stereocenters. The molecule has 1 aliphatic heterocycles. The standard InChI is InChI=1S/C13H12BrN3S2/c1-17-12(10-6-8(14)7-19-10)11(16-13(17)18)9-4-2-3-5-15-9/h2-7,11-12H,1H3,(H,16,18)/t11-,12-/m1/s1. The highest BCUT2D eigenvalue weighted by molar-refractivity contribution is 9.10. The predicted molar refractivity (Wildman–Crippen MR) is 85.2 cm³/mol. The fourth-order valence-corrected chi connectivity index (χ4v) is 4.16. The van der Waals surface area contributed by atoms with Crippen molar-refractivity contribution >= 4 is 44.6 Å². The van der Waals surface area contributed by atoms with E-state index in [1.54, 1.807) is 11.3 Å². The normalized spacial score (nSPS) is 22.6. The topological polar surface area (TPSA) is 28.2 Å². The number of likely N-dealkylation sites (N-methyl/N-ethyl adjacent to an activating group) is 1. The molecular formula is C13H12BrN3S2. The minimum absolute atomic E-state index is 0.101. The third kappa shape index (κ3) is 2.40. The molecule has 2 aromatic rings. The van der Waals surface area contributed by atoms with Crippen LogP contribution >= 0.6 is 39.5 Å². The average Bonchev–Trinajstić information content (AvgIpc) is 2.96. The highest BCUT2D eigenvalue weighted by Crippen LogP contribution is 2.40. The molecule has 1 N–H and O–H groups in total. The number of pyridine rings is 1. The van der Waals surface area contributed by atoms with Gasteiger partial charge in [0.15, 0.2) is 5.11 Å². The molecule has 0 spiro atoms. The highest BCUT2D eigenvalue weighted by Gasteiger charge is 2.38. The number of aromatic nitrogens is 1. The Bertz CT molecular complexity index is 599. The largest absolute Gasteiger partial charge is 0.352 e. The van der Waals surface area contributed by atoms with Gasteiger partial charge in [0.1, 0.15) is 0 Å². The first-order valence-electron chi connectivity index (χ1n) is 5.85. The molecule has 2 aromatic heterocycles. The molecule has 1 aliphatic rings. The summed E-state index contributed by atoms with van der Waals surface area (Å²) in [6, 6.07) is 8.42. The van der Waals surface area contributed by atoms with E-state index in [1.807, 2.05) is 31.4 Å². The number of nitrogens with zero attached hydrogens (tertiary/aromatic N) is 2. The Hall–Kier alpha value is -0.980. The van der Waals surface area contributed by atoms with Crippen LogP contribution in [0.4, 0.5) is 0 Å². The molecule has 1 fully saturated rings. The zero-order chi connectivity index (χ0) is 13.4. The maximum atomic E-state index is 5.38. The number of rotatable bonds is 2. The minimum Gasteiger partial charge on any atom is -0.352 e. The van der Waals surface area contributed by atoms with Gasteiger partial charge in [-0.2, -0.15) is 0 Å². The first-order valence-corrected chi connectivity index (χ1v) is 7.93. The van der Waals surface area contributed by atoms with Crippen LogP contribution in [0.15, 0.2) is 40.3 Å². The van der Waals surface area contributed by atoms with Crippen LogP contribution in [0, 0.1) is 0 Å². The number of thiophene rings is 1. The summed E-state index contributed by atoms with van der Waals surface area (Å²) >= 11 is 10.6. The van der Waals surface area contributed by atoms with Gasteiger partial charge in [-0.25, -0.2) is 0 Å². The van der Waals surface area contributed by atoms with Crippen LogP contribution in [0.2, 0.25) is 0 Å².